The number of Topliss-reactive ketones (excluding diaryl/α,β-unsaturated/α-hetero) is 1. The Balaban J connectivity index is 2.62. The van der Waals surface area contributed by atoms with Crippen LogP contribution in [0.2, 0.25) is 0 Å². The topological polar surface area (TPSA) is 39.2 Å². The lowest BCUT2D eigenvalue weighted by atomic mass is 9.94. The third-order valence-corrected chi connectivity index (χ3v) is 2.69. The van der Waals surface area contributed by atoms with Crippen LogP contribution in [0.1, 0.15) is 34.6 Å². The van der Waals surface area contributed by atoms with E-state index < -0.39 is 11.9 Å². The van der Waals surface area contributed by atoms with Gasteiger partial charge in [0.2, 0.25) is 0 Å². The predicted molar refractivity (Wildman–Crippen MR) is 53.1 cm³/mol. The maximum atomic E-state index is 12.6. The van der Waals surface area contributed by atoms with Crippen LogP contribution in [-0.4, -0.2) is 17.9 Å². The molecular formula is C11H10F3NO2. The van der Waals surface area contributed by atoms with Crippen molar-refractivity contribution in [1.29, 1.82) is 0 Å². The zero-order chi connectivity index (χ0) is 12.6. The molecule has 2 rings (SSSR count). The van der Waals surface area contributed by atoms with E-state index in [1.54, 1.807) is 0 Å². The SMILES string of the molecule is COc1cc(C(F)(F)F)nc2c1CCCC2=O. The van der Waals surface area contributed by atoms with Gasteiger partial charge in [-0.3, -0.25) is 4.79 Å². The molecule has 0 spiro atoms. The smallest absolute Gasteiger partial charge is 0.433 e. The Kier molecular flexibility index (Phi) is 2.81. The third kappa shape index (κ3) is 2.11. The summed E-state index contributed by atoms with van der Waals surface area (Å²) in [6.07, 6.45) is -3.19. The van der Waals surface area contributed by atoms with Gasteiger partial charge in [-0.15, -0.1) is 0 Å². The van der Waals surface area contributed by atoms with Gasteiger partial charge in [-0.1, -0.05) is 0 Å². The van der Waals surface area contributed by atoms with E-state index in [4.69, 9.17) is 4.74 Å². The van der Waals surface area contributed by atoms with Crippen molar-refractivity contribution in [2.24, 2.45) is 0 Å². The van der Waals surface area contributed by atoms with E-state index in [0.29, 0.717) is 18.4 Å². The van der Waals surface area contributed by atoms with E-state index in [0.717, 1.165) is 6.07 Å². The lowest BCUT2D eigenvalue weighted by Gasteiger charge is -2.18. The van der Waals surface area contributed by atoms with Crippen molar-refractivity contribution >= 4 is 5.78 Å². The number of rotatable bonds is 1. The first-order chi connectivity index (χ1) is 7.93. The lowest BCUT2D eigenvalue weighted by Crippen LogP contribution is -2.18. The third-order valence-electron chi connectivity index (χ3n) is 2.69. The summed E-state index contributed by atoms with van der Waals surface area (Å²) in [5.41, 5.74) is -0.692. The highest BCUT2D eigenvalue weighted by Crippen LogP contribution is 2.35. The molecular weight excluding hydrogens is 235 g/mol. The number of carbonyl (C=O) groups is 1. The van der Waals surface area contributed by atoms with Gasteiger partial charge in [0.05, 0.1) is 7.11 Å². The number of alkyl halides is 3. The summed E-state index contributed by atoms with van der Waals surface area (Å²) in [5, 5.41) is 0. The molecule has 0 atom stereocenters. The fourth-order valence-electron chi connectivity index (χ4n) is 1.89. The van der Waals surface area contributed by atoms with Crippen LogP contribution >= 0.6 is 0 Å². The van der Waals surface area contributed by atoms with Gasteiger partial charge in [0.15, 0.2) is 5.78 Å². The zero-order valence-corrected chi connectivity index (χ0v) is 9.10. The normalized spacial score (nSPS) is 15.6. The molecule has 0 unspecified atom stereocenters. The molecule has 0 bridgehead atoms. The largest absolute Gasteiger partial charge is 0.496 e. The highest BCUT2D eigenvalue weighted by molar-refractivity contribution is 5.97. The molecule has 0 saturated heterocycles. The first kappa shape index (κ1) is 11.9. The Morgan fingerprint density at radius 2 is 2.06 bits per heavy atom. The molecule has 1 aliphatic carbocycles. The molecule has 0 N–H and O–H groups in total. The van der Waals surface area contributed by atoms with Crippen LogP contribution in [0.15, 0.2) is 6.07 Å². The number of pyridine rings is 1. The van der Waals surface area contributed by atoms with Crippen LogP contribution in [0.3, 0.4) is 0 Å². The van der Waals surface area contributed by atoms with E-state index in [2.05, 4.69) is 4.98 Å². The Labute approximate surface area is 95.6 Å². The summed E-state index contributed by atoms with van der Waals surface area (Å²) in [6.45, 7) is 0. The van der Waals surface area contributed by atoms with Gasteiger partial charge < -0.3 is 4.74 Å². The number of ketones is 1. The van der Waals surface area contributed by atoms with Crippen molar-refractivity contribution in [1.82, 2.24) is 4.98 Å². The Morgan fingerprint density at radius 1 is 1.35 bits per heavy atom. The second-order valence-corrected chi connectivity index (χ2v) is 3.81. The van der Waals surface area contributed by atoms with Crippen molar-refractivity contribution in [3.8, 4) is 5.75 Å². The molecule has 1 aliphatic rings. The number of nitrogens with zero attached hydrogens (tertiary/aromatic N) is 1. The Hall–Kier alpha value is -1.59. The van der Waals surface area contributed by atoms with Crippen LogP contribution in [0.4, 0.5) is 13.2 Å². The summed E-state index contributed by atoms with van der Waals surface area (Å²) >= 11 is 0. The Morgan fingerprint density at radius 3 is 2.65 bits per heavy atom. The number of hydrogen-bond donors (Lipinski definition) is 0. The number of halogens is 3. The maximum Gasteiger partial charge on any atom is 0.433 e. The molecule has 1 heterocycles. The van der Waals surface area contributed by atoms with Gasteiger partial charge in [0.1, 0.15) is 17.1 Å². The van der Waals surface area contributed by atoms with Crippen molar-refractivity contribution in [2.75, 3.05) is 7.11 Å². The van der Waals surface area contributed by atoms with Crippen LogP contribution < -0.4 is 4.74 Å². The summed E-state index contributed by atoms with van der Waals surface area (Å²) in [7, 11) is 1.29. The minimum Gasteiger partial charge on any atom is -0.496 e. The molecule has 6 heteroatoms. The van der Waals surface area contributed by atoms with Gasteiger partial charge in [0.25, 0.3) is 0 Å². The first-order valence-electron chi connectivity index (χ1n) is 5.12. The summed E-state index contributed by atoms with van der Waals surface area (Å²) in [6, 6.07) is 0.845. The minimum atomic E-state index is -4.57. The molecule has 0 amide bonds. The lowest BCUT2D eigenvalue weighted by molar-refractivity contribution is -0.141. The maximum absolute atomic E-state index is 12.6. The fourth-order valence-corrected chi connectivity index (χ4v) is 1.89. The van der Waals surface area contributed by atoms with E-state index in [1.807, 2.05) is 0 Å². The van der Waals surface area contributed by atoms with Gasteiger partial charge in [0, 0.05) is 18.1 Å². The number of carbonyl (C=O) groups excluding carboxylic acids is 1. The fraction of sp³-hybridized carbons (Fsp3) is 0.455. The average molecular weight is 245 g/mol. The summed E-state index contributed by atoms with van der Waals surface area (Å²) < 4.78 is 42.6. The highest BCUT2D eigenvalue weighted by atomic mass is 19.4. The van der Waals surface area contributed by atoms with Crippen molar-refractivity contribution in [3.05, 3.63) is 23.0 Å². The second-order valence-electron chi connectivity index (χ2n) is 3.81. The van der Waals surface area contributed by atoms with Gasteiger partial charge in [-0.2, -0.15) is 13.2 Å². The van der Waals surface area contributed by atoms with Crippen LogP contribution in [0, 0.1) is 0 Å². The molecule has 0 radical (unpaired) electrons. The van der Waals surface area contributed by atoms with Crippen LogP contribution in [0.25, 0.3) is 0 Å². The van der Waals surface area contributed by atoms with Gasteiger partial charge in [-0.25, -0.2) is 4.98 Å². The highest BCUT2D eigenvalue weighted by Gasteiger charge is 2.36. The van der Waals surface area contributed by atoms with Crippen LogP contribution in [0.5, 0.6) is 5.75 Å². The molecule has 0 aromatic carbocycles. The molecule has 1 aromatic heterocycles. The molecule has 3 nitrogen and oxygen atoms in total. The predicted octanol–water partition coefficient (Wildman–Crippen LogP) is 2.63. The van der Waals surface area contributed by atoms with Gasteiger partial charge >= 0.3 is 6.18 Å². The number of fused-ring (bicyclic) bond motifs is 1. The number of ether oxygens (including phenoxy) is 1. The quantitative estimate of drug-likeness (QED) is 0.763. The van der Waals surface area contributed by atoms with E-state index in [9.17, 15) is 18.0 Å². The summed E-state index contributed by atoms with van der Waals surface area (Å²) in [4.78, 5) is 15.0. The minimum absolute atomic E-state index is 0.0929. The molecule has 0 fully saturated rings. The standard InChI is InChI=1S/C11H10F3NO2/c1-17-8-5-9(11(12,13)14)15-10-6(8)3-2-4-7(10)16/h5H,2-4H2,1H3. The van der Waals surface area contributed by atoms with Crippen LogP contribution in [-0.2, 0) is 12.6 Å². The van der Waals surface area contributed by atoms with Crippen molar-refractivity contribution in [2.45, 2.75) is 25.4 Å². The molecule has 1 aromatic rings. The summed E-state index contributed by atoms with van der Waals surface area (Å²) in [5.74, 6) is -0.258. The van der Waals surface area contributed by atoms with E-state index in [1.165, 1.54) is 7.11 Å². The molecule has 92 valence electrons. The van der Waals surface area contributed by atoms with E-state index in [-0.39, 0.29) is 23.6 Å². The van der Waals surface area contributed by atoms with Gasteiger partial charge in [-0.05, 0) is 12.8 Å². The van der Waals surface area contributed by atoms with Crippen molar-refractivity contribution < 1.29 is 22.7 Å². The van der Waals surface area contributed by atoms with Crippen molar-refractivity contribution in [3.63, 3.8) is 0 Å². The number of aromatic nitrogens is 1. The first-order valence-corrected chi connectivity index (χ1v) is 5.12. The second kappa shape index (κ2) is 4.01. The molecule has 0 aliphatic heterocycles. The number of methoxy groups -OCH3 is 1. The monoisotopic (exact) mass is 245 g/mol. The van der Waals surface area contributed by atoms with E-state index >= 15 is 0 Å². The molecule has 0 saturated carbocycles. The Bertz CT molecular complexity index is 469. The zero-order valence-electron chi connectivity index (χ0n) is 9.10. The number of hydrogen-bond acceptors (Lipinski definition) is 3. The molecule has 17 heavy (non-hydrogen) atoms. The average Bonchev–Trinajstić information content (AvgIpc) is 2.27.